The minimum absolute atomic E-state index is 0.0118. The number of aromatic nitrogens is 3. The SMILES string of the molecule is CCCS(=O)(=O)N(c1cccc(-c2cn(-c3ccc(N4CCN(C(=O)OC(C)(C)C)C[C@H]4C)cc3)nc2-c2ccncc2)c1F)S(=O)(=O)CCC. The number of benzene rings is 2. The number of piperazine rings is 1. The Hall–Kier alpha value is -4.50. The van der Waals surface area contributed by atoms with Crippen LogP contribution in [-0.4, -0.2) is 85.4 Å². The monoisotopic (exact) mass is 740 g/mol. The maximum absolute atomic E-state index is 16.7. The van der Waals surface area contributed by atoms with Gasteiger partial charge in [-0.1, -0.05) is 26.0 Å². The first kappa shape index (κ1) is 37.7. The molecule has 0 radical (unpaired) electrons. The molecular formula is C36H45FN6O6S2. The van der Waals surface area contributed by atoms with Crippen LogP contribution in [0.2, 0.25) is 0 Å². The number of sulfonamides is 2. The summed E-state index contributed by atoms with van der Waals surface area (Å²) in [6.45, 7) is 12.5. The zero-order valence-corrected chi connectivity index (χ0v) is 31.4. The second kappa shape index (κ2) is 15.0. The summed E-state index contributed by atoms with van der Waals surface area (Å²) >= 11 is 0. The molecule has 4 aromatic rings. The van der Waals surface area contributed by atoms with Gasteiger partial charge in [0.15, 0.2) is 5.82 Å². The molecule has 1 fully saturated rings. The number of amides is 1. The van der Waals surface area contributed by atoms with Crippen molar-refractivity contribution in [2.75, 3.05) is 39.8 Å². The number of nitrogens with zero attached hydrogens (tertiary/aromatic N) is 6. The third-order valence-electron chi connectivity index (χ3n) is 8.29. The summed E-state index contributed by atoms with van der Waals surface area (Å²) in [6, 6.07) is 15.3. The van der Waals surface area contributed by atoms with E-state index in [1.165, 1.54) is 18.2 Å². The number of anilines is 2. The number of carbonyl (C=O) groups is 1. The summed E-state index contributed by atoms with van der Waals surface area (Å²) in [6.07, 6.45) is 4.78. The fraction of sp³-hybridized carbons (Fsp3) is 0.417. The topological polar surface area (TPSA) is 135 Å². The molecule has 1 aliphatic heterocycles. The molecule has 1 amide bonds. The van der Waals surface area contributed by atoms with Crippen molar-refractivity contribution in [3.63, 3.8) is 0 Å². The quantitative estimate of drug-likeness (QED) is 0.170. The molecule has 5 rings (SSSR count). The number of rotatable bonds is 11. The van der Waals surface area contributed by atoms with Crippen molar-refractivity contribution in [3.8, 4) is 28.1 Å². The molecule has 0 saturated carbocycles. The van der Waals surface area contributed by atoms with Crippen molar-refractivity contribution in [3.05, 3.63) is 79.0 Å². The van der Waals surface area contributed by atoms with E-state index in [0.29, 0.717) is 42.1 Å². The van der Waals surface area contributed by atoms with E-state index >= 15 is 4.39 Å². The van der Waals surface area contributed by atoms with Crippen LogP contribution in [0.15, 0.2) is 73.2 Å². The van der Waals surface area contributed by atoms with E-state index < -0.39 is 48.7 Å². The van der Waals surface area contributed by atoms with E-state index in [1.807, 2.05) is 45.0 Å². The highest BCUT2D eigenvalue weighted by Gasteiger charge is 2.36. The third-order valence-corrected chi connectivity index (χ3v) is 12.9. The average Bonchev–Trinajstić information content (AvgIpc) is 3.50. The zero-order valence-electron chi connectivity index (χ0n) is 29.8. The Balaban J connectivity index is 1.51. The van der Waals surface area contributed by atoms with Gasteiger partial charge in [-0.05, 0) is 83.0 Å². The lowest BCUT2D eigenvalue weighted by Gasteiger charge is -2.41. The smallest absolute Gasteiger partial charge is 0.410 e. The predicted octanol–water partition coefficient (Wildman–Crippen LogP) is 6.47. The standard InChI is InChI=1S/C36H45FN6O6S2/c1-7-22-50(45,46)43(51(47,48)23-8-2)32-11-9-10-30(33(32)37)31-25-42(39-34(31)27-16-18-38-19-17-27)29-14-12-28(13-15-29)41-21-20-40(24-26(41)3)35(44)49-36(4,5)6/h9-19,25-26H,7-8,20-24H2,1-6H3/t26-/m1/s1. The minimum atomic E-state index is -4.41. The van der Waals surface area contributed by atoms with Crippen molar-refractivity contribution in [2.45, 2.75) is 66.0 Å². The molecule has 0 aliphatic carbocycles. The lowest BCUT2D eigenvalue weighted by Crippen LogP contribution is -2.54. The third kappa shape index (κ3) is 8.36. The summed E-state index contributed by atoms with van der Waals surface area (Å²) in [4.78, 5) is 20.7. The molecule has 1 atom stereocenters. The maximum atomic E-state index is 16.7. The summed E-state index contributed by atoms with van der Waals surface area (Å²) in [5.74, 6) is -1.93. The van der Waals surface area contributed by atoms with E-state index in [9.17, 15) is 21.6 Å². The average molecular weight is 741 g/mol. The Morgan fingerprint density at radius 3 is 2.08 bits per heavy atom. The Labute approximate surface area is 300 Å². The van der Waals surface area contributed by atoms with E-state index in [2.05, 4.69) is 16.8 Å². The molecule has 274 valence electrons. The summed E-state index contributed by atoms with van der Waals surface area (Å²) in [5, 5.41) is 4.82. The molecule has 2 aromatic heterocycles. The highest BCUT2D eigenvalue weighted by Crippen LogP contribution is 2.38. The normalized spacial score (nSPS) is 15.5. The molecule has 12 nitrogen and oxygen atoms in total. The lowest BCUT2D eigenvalue weighted by molar-refractivity contribution is 0.0218. The van der Waals surface area contributed by atoms with Gasteiger partial charge >= 0.3 is 6.09 Å². The summed E-state index contributed by atoms with van der Waals surface area (Å²) in [5.41, 5.74) is 1.84. The molecule has 0 bridgehead atoms. The van der Waals surface area contributed by atoms with Crippen LogP contribution in [0, 0.1) is 5.82 Å². The summed E-state index contributed by atoms with van der Waals surface area (Å²) in [7, 11) is -8.82. The first-order valence-corrected chi connectivity index (χ1v) is 20.2. The van der Waals surface area contributed by atoms with Gasteiger partial charge in [0.05, 0.1) is 17.2 Å². The van der Waals surface area contributed by atoms with Crippen molar-refractivity contribution in [2.24, 2.45) is 0 Å². The molecule has 15 heteroatoms. The number of hydrogen-bond acceptors (Lipinski definition) is 9. The van der Waals surface area contributed by atoms with Gasteiger partial charge in [0.2, 0.25) is 20.0 Å². The molecule has 1 saturated heterocycles. The molecule has 0 unspecified atom stereocenters. The van der Waals surface area contributed by atoms with Gasteiger partial charge in [0.1, 0.15) is 17.0 Å². The summed E-state index contributed by atoms with van der Waals surface area (Å²) < 4.78 is 77.3. The zero-order chi connectivity index (χ0) is 37.1. The van der Waals surface area contributed by atoms with Gasteiger partial charge in [-0.2, -0.15) is 8.81 Å². The number of pyridine rings is 1. The van der Waals surface area contributed by atoms with Crippen molar-refractivity contribution in [1.82, 2.24) is 19.7 Å². The van der Waals surface area contributed by atoms with Gasteiger partial charge in [-0.25, -0.2) is 30.7 Å². The second-order valence-corrected chi connectivity index (χ2v) is 17.6. The van der Waals surface area contributed by atoms with Gasteiger partial charge in [-0.3, -0.25) is 4.98 Å². The molecule has 0 N–H and O–H groups in total. The van der Waals surface area contributed by atoms with Gasteiger partial charge < -0.3 is 14.5 Å². The predicted molar refractivity (Wildman–Crippen MR) is 197 cm³/mol. The highest BCUT2D eigenvalue weighted by molar-refractivity contribution is 8.10. The van der Waals surface area contributed by atoms with Gasteiger partial charge in [0.25, 0.3) is 0 Å². The Bertz CT molecular complexity index is 2030. The Morgan fingerprint density at radius 1 is 0.902 bits per heavy atom. The molecule has 2 aromatic carbocycles. The van der Waals surface area contributed by atoms with Crippen molar-refractivity contribution < 1.29 is 30.8 Å². The lowest BCUT2D eigenvalue weighted by atomic mass is 10.0. The van der Waals surface area contributed by atoms with E-state index in [-0.39, 0.29) is 34.3 Å². The number of halogens is 1. The number of carbonyl (C=O) groups excluding carboxylic acids is 1. The fourth-order valence-electron chi connectivity index (χ4n) is 6.08. The minimum Gasteiger partial charge on any atom is -0.444 e. The molecule has 1 aliphatic rings. The van der Waals surface area contributed by atoms with Gasteiger partial charge in [0, 0.05) is 66.6 Å². The van der Waals surface area contributed by atoms with Crippen LogP contribution in [0.25, 0.3) is 28.1 Å². The van der Waals surface area contributed by atoms with Crippen LogP contribution in [0.4, 0.5) is 20.6 Å². The fourth-order valence-corrected chi connectivity index (χ4v) is 10.2. The first-order chi connectivity index (χ1) is 24.1. The second-order valence-electron chi connectivity index (χ2n) is 13.5. The van der Waals surface area contributed by atoms with Crippen molar-refractivity contribution in [1.29, 1.82) is 0 Å². The Kier molecular flexibility index (Phi) is 11.1. The van der Waals surface area contributed by atoms with Crippen LogP contribution in [-0.2, 0) is 24.8 Å². The molecule has 0 spiro atoms. The largest absolute Gasteiger partial charge is 0.444 e. The molecular weight excluding hydrogens is 696 g/mol. The molecule has 51 heavy (non-hydrogen) atoms. The van der Waals surface area contributed by atoms with Crippen LogP contribution in [0.5, 0.6) is 0 Å². The van der Waals surface area contributed by atoms with Crippen LogP contribution >= 0.6 is 0 Å². The maximum Gasteiger partial charge on any atom is 0.410 e. The van der Waals surface area contributed by atoms with E-state index in [0.717, 1.165) is 5.69 Å². The van der Waals surface area contributed by atoms with Crippen molar-refractivity contribution >= 4 is 37.5 Å². The first-order valence-electron chi connectivity index (χ1n) is 17.0. The van der Waals surface area contributed by atoms with Gasteiger partial charge in [-0.15, -0.1) is 0 Å². The number of hydrogen-bond donors (Lipinski definition) is 0. The molecule has 3 heterocycles. The Morgan fingerprint density at radius 2 is 1.51 bits per heavy atom. The van der Waals surface area contributed by atoms with Crippen LogP contribution < -0.4 is 8.61 Å². The van der Waals surface area contributed by atoms with Crippen LogP contribution in [0.1, 0.15) is 54.4 Å². The van der Waals surface area contributed by atoms with Crippen LogP contribution in [0.3, 0.4) is 0 Å². The number of ether oxygens (including phenoxy) is 1. The van der Waals surface area contributed by atoms with E-state index in [4.69, 9.17) is 9.84 Å². The van der Waals surface area contributed by atoms with E-state index in [1.54, 1.807) is 54.2 Å². The highest BCUT2D eigenvalue weighted by atomic mass is 32.3.